The maximum Gasteiger partial charge on any atom is 0.224 e. The second-order valence-electron chi connectivity index (χ2n) is 7.13. The Balaban J connectivity index is 1.68. The van der Waals surface area contributed by atoms with Crippen LogP contribution >= 0.6 is 0 Å². The van der Waals surface area contributed by atoms with E-state index in [4.69, 9.17) is 11.5 Å². The monoisotopic (exact) mass is 354 g/mol. The van der Waals surface area contributed by atoms with Gasteiger partial charge in [0, 0.05) is 18.6 Å². The number of aromatic hydroxyl groups is 1. The van der Waals surface area contributed by atoms with Crippen LogP contribution in [-0.4, -0.2) is 48.7 Å². The highest BCUT2D eigenvalue weighted by atomic mass is 16.3. The number of benzene rings is 1. The average molecular weight is 354 g/mol. The van der Waals surface area contributed by atoms with Crippen LogP contribution < -0.4 is 16.4 Å². The summed E-state index contributed by atoms with van der Waals surface area (Å²) in [6.07, 6.45) is 1.75. The van der Waals surface area contributed by atoms with Gasteiger partial charge in [-0.3, -0.25) is 0 Å². The van der Waals surface area contributed by atoms with Gasteiger partial charge in [-0.15, -0.1) is 5.10 Å². The number of hydrogen-bond donors (Lipinski definition) is 3. The molecule has 3 aromatic rings. The standard InChI is InChI=1S/C17H22N8O/c1-17(19)6-8-24(9-7-17)14-13-15(21-16(18)20-14)25(23-22-13)10-11-2-4-12(26)5-3-11/h2-5,26H,6-10,19H2,1H3,(H2,18,20,21). The number of rotatable bonds is 3. The Morgan fingerprint density at radius 3 is 2.54 bits per heavy atom. The molecule has 26 heavy (non-hydrogen) atoms. The molecule has 0 unspecified atom stereocenters. The Labute approximate surface area is 150 Å². The van der Waals surface area contributed by atoms with E-state index < -0.39 is 0 Å². The van der Waals surface area contributed by atoms with E-state index in [0.29, 0.717) is 23.5 Å². The van der Waals surface area contributed by atoms with E-state index >= 15 is 0 Å². The molecule has 0 atom stereocenters. The molecule has 136 valence electrons. The first-order valence-electron chi connectivity index (χ1n) is 8.60. The zero-order chi connectivity index (χ0) is 18.3. The van der Waals surface area contributed by atoms with Crippen molar-refractivity contribution in [1.82, 2.24) is 25.0 Å². The van der Waals surface area contributed by atoms with E-state index in [2.05, 4.69) is 32.1 Å². The van der Waals surface area contributed by atoms with Crippen molar-refractivity contribution in [3.8, 4) is 5.75 Å². The Morgan fingerprint density at radius 2 is 1.85 bits per heavy atom. The largest absolute Gasteiger partial charge is 0.508 e. The van der Waals surface area contributed by atoms with E-state index in [1.807, 2.05) is 12.1 Å². The topological polar surface area (TPSA) is 132 Å². The van der Waals surface area contributed by atoms with E-state index in [1.54, 1.807) is 16.8 Å². The number of nitrogens with zero attached hydrogens (tertiary/aromatic N) is 6. The fraction of sp³-hybridized carbons (Fsp3) is 0.412. The number of phenolic OH excluding ortho intramolecular Hbond substituents is 1. The number of piperidine rings is 1. The minimum absolute atomic E-state index is 0.148. The third-order valence-electron chi connectivity index (χ3n) is 4.84. The molecule has 1 saturated heterocycles. The SMILES string of the molecule is CC1(N)CCN(c2nc(N)nc3c2nnn3Cc2ccc(O)cc2)CC1. The lowest BCUT2D eigenvalue weighted by atomic mass is 9.91. The predicted molar refractivity (Wildman–Crippen MR) is 98.8 cm³/mol. The Hall–Kier alpha value is -2.94. The molecule has 3 heterocycles. The van der Waals surface area contributed by atoms with Crippen molar-refractivity contribution in [1.29, 1.82) is 0 Å². The highest BCUT2D eigenvalue weighted by Gasteiger charge is 2.28. The summed E-state index contributed by atoms with van der Waals surface area (Å²) in [7, 11) is 0. The van der Waals surface area contributed by atoms with Crippen LogP contribution in [0.15, 0.2) is 24.3 Å². The number of fused-ring (bicyclic) bond motifs is 1. The summed E-state index contributed by atoms with van der Waals surface area (Å²) in [5, 5.41) is 18.0. The molecule has 1 aliphatic rings. The Kier molecular flexibility index (Phi) is 3.87. The molecule has 0 amide bonds. The number of anilines is 2. The summed E-state index contributed by atoms with van der Waals surface area (Å²) in [6, 6.07) is 6.95. The van der Waals surface area contributed by atoms with Gasteiger partial charge >= 0.3 is 0 Å². The van der Waals surface area contributed by atoms with Crippen LogP contribution in [-0.2, 0) is 6.54 Å². The highest BCUT2D eigenvalue weighted by molar-refractivity contribution is 5.84. The summed E-state index contributed by atoms with van der Waals surface area (Å²) in [6.45, 7) is 4.14. The second kappa shape index (κ2) is 6.10. The lowest BCUT2D eigenvalue weighted by Crippen LogP contribution is -2.48. The molecule has 5 N–H and O–H groups in total. The summed E-state index contributed by atoms with van der Waals surface area (Å²) < 4.78 is 1.69. The maximum atomic E-state index is 9.42. The summed E-state index contributed by atoms with van der Waals surface area (Å²) >= 11 is 0. The van der Waals surface area contributed by atoms with Gasteiger partial charge in [-0.25, -0.2) is 4.68 Å². The second-order valence-corrected chi connectivity index (χ2v) is 7.13. The fourth-order valence-electron chi connectivity index (χ4n) is 3.19. The molecule has 9 heteroatoms. The predicted octanol–water partition coefficient (Wildman–Crippen LogP) is 0.875. The number of aromatic nitrogens is 5. The Bertz CT molecular complexity index is 924. The minimum atomic E-state index is -0.148. The third kappa shape index (κ3) is 3.13. The highest BCUT2D eigenvalue weighted by Crippen LogP contribution is 2.28. The van der Waals surface area contributed by atoms with Crippen LogP contribution in [0.25, 0.3) is 11.2 Å². The van der Waals surface area contributed by atoms with Gasteiger partial charge in [-0.2, -0.15) is 9.97 Å². The molecule has 1 aliphatic heterocycles. The maximum absolute atomic E-state index is 9.42. The first kappa shape index (κ1) is 16.5. The van der Waals surface area contributed by atoms with Gasteiger partial charge in [0.15, 0.2) is 17.0 Å². The van der Waals surface area contributed by atoms with Gasteiger partial charge in [0.2, 0.25) is 5.95 Å². The molecule has 2 aromatic heterocycles. The van der Waals surface area contributed by atoms with E-state index in [1.165, 1.54) is 0 Å². The normalized spacial score (nSPS) is 16.9. The lowest BCUT2D eigenvalue weighted by molar-refractivity contribution is 0.363. The molecular formula is C17H22N8O. The minimum Gasteiger partial charge on any atom is -0.508 e. The van der Waals surface area contributed by atoms with Crippen LogP contribution in [0, 0.1) is 0 Å². The molecule has 1 fully saturated rings. The van der Waals surface area contributed by atoms with Crippen molar-refractivity contribution >= 4 is 22.9 Å². The fourth-order valence-corrected chi connectivity index (χ4v) is 3.19. The molecule has 0 bridgehead atoms. The number of nitrogens with two attached hydrogens (primary N) is 2. The van der Waals surface area contributed by atoms with Gasteiger partial charge in [0.05, 0.1) is 6.54 Å². The molecule has 0 saturated carbocycles. The quantitative estimate of drug-likeness (QED) is 0.631. The van der Waals surface area contributed by atoms with Crippen LogP contribution in [0.5, 0.6) is 5.75 Å². The van der Waals surface area contributed by atoms with Crippen molar-refractivity contribution in [3.63, 3.8) is 0 Å². The van der Waals surface area contributed by atoms with Crippen molar-refractivity contribution in [2.75, 3.05) is 23.7 Å². The molecule has 0 radical (unpaired) electrons. The van der Waals surface area contributed by atoms with Crippen molar-refractivity contribution in [2.24, 2.45) is 5.73 Å². The van der Waals surface area contributed by atoms with Crippen LogP contribution in [0.4, 0.5) is 11.8 Å². The smallest absolute Gasteiger partial charge is 0.224 e. The number of nitrogen functional groups attached to an aromatic ring is 1. The molecule has 0 spiro atoms. The van der Waals surface area contributed by atoms with Crippen molar-refractivity contribution in [3.05, 3.63) is 29.8 Å². The van der Waals surface area contributed by atoms with E-state index in [0.717, 1.165) is 31.5 Å². The summed E-state index contributed by atoms with van der Waals surface area (Å²) in [5.74, 6) is 1.13. The van der Waals surface area contributed by atoms with Gasteiger partial charge < -0.3 is 21.5 Å². The molecule has 4 rings (SSSR count). The van der Waals surface area contributed by atoms with E-state index in [-0.39, 0.29) is 17.2 Å². The lowest BCUT2D eigenvalue weighted by Gasteiger charge is -2.37. The molecule has 1 aromatic carbocycles. The zero-order valence-electron chi connectivity index (χ0n) is 14.6. The van der Waals surface area contributed by atoms with Crippen LogP contribution in [0.3, 0.4) is 0 Å². The Morgan fingerprint density at radius 1 is 1.15 bits per heavy atom. The zero-order valence-corrected chi connectivity index (χ0v) is 14.6. The first-order chi connectivity index (χ1) is 12.4. The first-order valence-corrected chi connectivity index (χ1v) is 8.60. The van der Waals surface area contributed by atoms with Gasteiger partial charge in [-0.1, -0.05) is 17.3 Å². The molecule has 0 aliphatic carbocycles. The molecular weight excluding hydrogens is 332 g/mol. The molecule has 9 nitrogen and oxygen atoms in total. The third-order valence-corrected chi connectivity index (χ3v) is 4.84. The van der Waals surface area contributed by atoms with Crippen LogP contribution in [0.1, 0.15) is 25.3 Å². The average Bonchev–Trinajstić information content (AvgIpc) is 2.99. The van der Waals surface area contributed by atoms with Gasteiger partial charge in [0.25, 0.3) is 0 Å². The van der Waals surface area contributed by atoms with E-state index in [9.17, 15) is 5.11 Å². The van der Waals surface area contributed by atoms with Gasteiger partial charge in [0.1, 0.15) is 5.75 Å². The van der Waals surface area contributed by atoms with Crippen molar-refractivity contribution in [2.45, 2.75) is 31.8 Å². The number of phenols is 1. The van der Waals surface area contributed by atoms with Crippen molar-refractivity contribution < 1.29 is 5.11 Å². The number of hydrogen-bond acceptors (Lipinski definition) is 8. The summed E-state index contributed by atoms with van der Waals surface area (Å²) in [5.41, 5.74) is 14.2. The van der Waals surface area contributed by atoms with Crippen LogP contribution in [0.2, 0.25) is 0 Å². The van der Waals surface area contributed by atoms with Gasteiger partial charge in [-0.05, 0) is 37.5 Å². The summed E-state index contributed by atoms with van der Waals surface area (Å²) in [4.78, 5) is 10.9.